The second kappa shape index (κ2) is 7.43. The van der Waals surface area contributed by atoms with Crippen molar-refractivity contribution < 1.29 is 9.59 Å². The highest BCUT2D eigenvalue weighted by Crippen LogP contribution is 2.33. The molecule has 1 aromatic rings. The number of carbonyl (C=O) groups excluding carboxylic acids is 2. The van der Waals surface area contributed by atoms with E-state index in [4.69, 9.17) is 0 Å². The quantitative estimate of drug-likeness (QED) is 0.908. The van der Waals surface area contributed by atoms with E-state index in [0.29, 0.717) is 26.1 Å². The molecular weight excluding hydrogens is 276 g/mol. The fourth-order valence-corrected chi connectivity index (χ4v) is 3.03. The lowest BCUT2D eigenvalue weighted by Gasteiger charge is -2.18. The predicted octanol–water partition coefficient (Wildman–Crippen LogP) is 2.47. The molecule has 0 saturated carbocycles. The van der Waals surface area contributed by atoms with Crippen LogP contribution in [0.1, 0.15) is 43.7 Å². The van der Waals surface area contributed by atoms with Gasteiger partial charge in [0.25, 0.3) is 0 Å². The van der Waals surface area contributed by atoms with E-state index in [-0.39, 0.29) is 23.7 Å². The van der Waals surface area contributed by atoms with Crippen LogP contribution in [0, 0.1) is 12.8 Å². The Hall–Kier alpha value is -1.84. The summed E-state index contributed by atoms with van der Waals surface area (Å²) in [6.07, 6.45) is 1.41. The Labute approximate surface area is 132 Å². The van der Waals surface area contributed by atoms with Crippen LogP contribution < -0.4 is 5.32 Å². The third kappa shape index (κ3) is 3.67. The molecule has 0 spiro atoms. The minimum atomic E-state index is -0.148. The van der Waals surface area contributed by atoms with Crippen LogP contribution in [0.15, 0.2) is 24.3 Å². The fraction of sp³-hybridized carbons (Fsp3) is 0.556. The van der Waals surface area contributed by atoms with E-state index in [0.717, 1.165) is 12.0 Å². The molecule has 0 aromatic heterocycles. The first-order valence-corrected chi connectivity index (χ1v) is 8.18. The maximum atomic E-state index is 12.5. The average Bonchev–Trinajstić information content (AvgIpc) is 2.97. The number of carbonyl (C=O) groups is 2. The number of aryl methyl sites for hydroxylation is 1. The maximum Gasteiger partial charge on any atom is 0.225 e. The molecule has 4 nitrogen and oxygen atoms in total. The van der Waals surface area contributed by atoms with Gasteiger partial charge in [-0.3, -0.25) is 9.59 Å². The van der Waals surface area contributed by atoms with E-state index in [2.05, 4.69) is 36.5 Å². The van der Waals surface area contributed by atoms with Gasteiger partial charge in [0.1, 0.15) is 0 Å². The van der Waals surface area contributed by atoms with Crippen LogP contribution in [0.5, 0.6) is 0 Å². The number of rotatable bonds is 5. The van der Waals surface area contributed by atoms with Gasteiger partial charge in [0.2, 0.25) is 11.8 Å². The number of hydrogen-bond acceptors (Lipinski definition) is 2. The van der Waals surface area contributed by atoms with Gasteiger partial charge in [-0.25, -0.2) is 0 Å². The SMILES string of the molecule is CCCNC(=O)[C@H]1CN(C(=O)CC)C[C@@H]1c1ccc(C)cc1. The number of likely N-dealkylation sites (tertiary alicyclic amines) is 1. The van der Waals surface area contributed by atoms with Gasteiger partial charge in [-0.2, -0.15) is 0 Å². The summed E-state index contributed by atoms with van der Waals surface area (Å²) in [6.45, 7) is 7.82. The first-order chi connectivity index (χ1) is 10.6. The van der Waals surface area contributed by atoms with E-state index < -0.39 is 0 Å². The Morgan fingerprint density at radius 2 is 1.86 bits per heavy atom. The summed E-state index contributed by atoms with van der Waals surface area (Å²) in [5, 5.41) is 2.99. The maximum absolute atomic E-state index is 12.5. The smallest absolute Gasteiger partial charge is 0.225 e. The Balaban J connectivity index is 2.20. The highest BCUT2D eigenvalue weighted by molar-refractivity contribution is 5.83. The minimum absolute atomic E-state index is 0.0684. The molecule has 0 aliphatic carbocycles. The first-order valence-electron chi connectivity index (χ1n) is 8.18. The minimum Gasteiger partial charge on any atom is -0.356 e. The molecule has 1 N–H and O–H groups in total. The van der Waals surface area contributed by atoms with Crippen molar-refractivity contribution >= 4 is 11.8 Å². The van der Waals surface area contributed by atoms with Crippen molar-refractivity contribution in [3.63, 3.8) is 0 Å². The lowest BCUT2D eigenvalue weighted by Crippen LogP contribution is -2.35. The molecule has 2 atom stereocenters. The molecule has 2 rings (SSSR count). The molecule has 1 fully saturated rings. The molecule has 0 unspecified atom stereocenters. The summed E-state index contributed by atoms with van der Waals surface area (Å²) in [4.78, 5) is 26.3. The van der Waals surface area contributed by atoms with Crippen LogP contribution in [-0.4, -0.2) is 36.3 Å². The Morgan fingerprint density at radius 1 is 1.18 bits per heavy atom. The van der Waals surface area contributed by atoms with E-state index >= 15 is 0 Å². The van der Waals surface area contributed by atoms with E-state index in [1.807, 2.05) is 18.7 Å². The number of benzene rings is 1. The molecule has 0 radical (unpaired) electrons. The first kappa shape index (κ1) is 16.5. The number of nitrogens with zero attached hydrogens (tertiary/aromatic N) is 1. The standard InChI is InChI=1S/C18H26N2O2/c1-4-10-19-18(22)16-12-20(17(21)5-2)11-15(16)14-8-6-13(3)7-9-14/h6-9,15-16H,4-5,10-12H2,1-3H3,(H,19,22)/t15-,16+/m1/s1. The number of hydrogen-bond donors (Lipinski definition) is 1. The van der Waals surface area contributed by atoms with Crippen molar-refractivity contribution in [1.29, 1.82) is 0 Å². The van der Waals surface area contributed by atoms with Crippen molar-refractivity contribution in [3.05, 3.63) is 35.4 Å². The molecular formula is C18H26N2O2. The van der Waals surface area contributed by atoms with Crippen molar-refractivity contribution in [1.82, 2.24) is 10.2 Å². The fourth-order valence-electron chi connectivity index (χ4n) is 3.03. The zero-order valence-electron chi connectivity index (χ0n) is 13.8. The van der Waals surface area contributed by atoms with Gasteiger partial charge in [-0.05, 0) is 18.9 Å². The number of amides is 2. The lowest BCUT2D eigenvalue weighted by atomic mass is 9.88. The van der Waals surface area contributed by atoms with Crippen molar-refractivity contribution in [2.75, 3.05) is 19.6 Å². The summed E-state index contributed by atoms with van der Waals surface area (Å²) in [6, 6.07) is 8.31. The topological polar surface area (TPSA) is 49.4 Å². The van der Waals surface area contributed by atoms with Gasteiger partial charge in [0, 0.05) is 32.0 Å². The van der Waals surface area contributed by atoms with Gasteiger partial charge in [0.05, 0.1) is 5.92 Å². The van der Waals surface area contributed by atoms with Gasteiger partial charge in [-0.15, -0.1) is 0 Å². The Kier molecular flexibility index (Phi) is 5.58. The summed E-state index contributed by atoms with van der Waals surface area (Å²) in [5.41, 5.74) is 2.35. The molecule has 1 aromatic carbocycles. The van der Waals surface area contributed by atoms with Gasteiger partial charge >= 0.3 is 0 Å². The summed E-state index contributed by atoms with van der Waals surface area (Å²) in [5.74, 6) is 0.138. The van der Waals surface area contributed by atoms with Crippen LogP contribution in [0.3, 0.4) is 0 Å². The molecule has 0 bridgehead atoms. The van der Waals surface area contributed by atoms with E-state index in [1.54, 1.807) is 0 Å². The molecule has 1 aliphatic heterocycles. The van der Waals surface area contributed by atoms with Gasteiger partial charge < -0.3 is 10.2 Å². The predicted molar refractivity (Wildman–Crippen MR) is 87.6 cm³/mol. The summed E-state index contributed by atoms with van der Waals surface area (Å²) in [7, 11) is 0. The van der Waals surface area contributed by atoms with Crippen LogP contribution in [0.4, 0.5) is 0 Å². The molecule has 2 amide bonds. The lowest BCUT2D eigenvalue weighted by molar-refractivity contribution is -0.130. The van der Waals surface area contributed by atoms with Crippen LogP contribution >= 0.6 is 0 Å². The van der Waals surface area contributed by atoms with E-state index in [1.165, 1.54) is 5.56 Å². The molecule has 1 heterocycles. The summed E-state index contributed by atoms with van der Waals surface area (Å²) >= 11 is 0. The molecule has 1 aliphatic rings. The monoisotopic (exact) mass is 302 g/mol. The number of nitrogens with one attached hydrogen (secondary N) is 1. The Bertz CT molecular complexity index is 524. The molecule has 4 heteroatoms. The molecule has 120 valence electrons. The van der Waals surface area contributed by atoms with Crippen LogP contribution in [0.2, 0.25) is 0 Å². The molecule has 22 heavy (non-hydrogen) atoms. The molecule has 1 saturated heterocycles. The largest absolute Gasteiger partial charge is 0.356 e. The average molecular weight is 302 g/mol. The third-order valence-corrected chi connectivity index (χ3v) is 4.37. The Morgan fingerprint density at radius 3 is 2.45 bits per heavy atom. The zero-order valence-corrected chi connectivity index (χ0v) is 13.8. The van der Waals surface area contributed by atoms with Crippen molar-refractivity contribution in [2.24, 2.45) is 5.92 Å². The highest BCUT2D eigenvalue weighted by atomic mass is 16.2. The summed E-state index contributed by atoms with van der Waals surface area (Å²) < 4.78 is 0. The van der Waals surface area contributed by atoms with Crippen molar-refractivity contribution in [2.45, 2.75) is 39.5 Å². The van der Waals surface area contributed by atoms with Crippen molar-refractivity contribution in [3.8, 4) is 0 Å². The zero-order chi connectivity index (χ0) is 16.1. The third-order valence-electron chi connectivity index (χ3n) is 4.37. The van der Waals surface area contributed by atoms with Crippen LogP contribution in [-0.2, 0) is 9.59 Å². The van der Waals surface area contributed by atoms with Gasteiger partial charge in [-0.1, -0.05) is 43.7 Å². The second-order valence-corrected chi connectivity index (χ2v) is 6.07. The highest BCUT2D eigenvalue weighted by Gasteiger charge is 2.39. The van der Waals surface area contributed by atoms with E-state index in [9.17, 15) is 9.59 Å². The van der Waals surface area contributed by atoms with Crippen LogP contribution in [0.25, 0.3) is 0 Å². The second-order valence-electron chi connectivity index (χ2n) is 6.07. The van der Waals surface area contributed by atoms with Gasteiger partial charge in [0.15, 0.2) is 0 Å². The normalized spacial score (nSPS) is 21.0.